The molecule has 0 saturated heterocycles. The maximum absolute atomic E-state index is 11.1. The number of non-ortho nitro benzene ring substituents is 1. The van der Waals surface area contributed by atoms with Crippen LogP contribution in [0.15, 0.2) is 18.2 Å². The number of hydrogen-bond donors (Lipinski definition) is 2. The highest BCUT2D eigenvalue weighted by atomic mass is 32.2. The monoisotopic (exact) mass is 304 g/mol. The number of hydrogen-bond acceptors (Lipinski definition) is 7. The van der Waals surface area contributed by atoms with Crippen molar-refractivity contribution >= 4 is 21.8 Å². The topological polar surface area (TPSA) is 150 Å². The average Bonchev–Trinajstić information content (AvgIpc) is 2.25. The Morgan fingerprint density at radius 2 is 2.15 bits per heavy atom. The summed E-state index contributed by atoms with van der Waals surface area (Å²) in [6, 6.07) is 1.96. The molecule has 110 valence electrons. The first-order valence-corrected chi connectivity index (χ1v) is 7.07. The zero-order valence-corrected chi connectivity index (χ0v) is 11.2. The van der Waals surface area contributed by atoms with Crippen LogP contribution in [0.1, 0.15) is 18.0 Å². The molecule has 1 rings (SSSR count). The second-order valence-corrected chi connectivity index (χ2v) is 5.55. The third-order valence-corrected chi connectivity index (χ3v) is 2.72. The van der Waals surface area contributed by atoms with Crippen LogP contribution in [0.3, 0.4) is 0 Å². The summed E-state index contributed by atoms with van der Waals surface area (Å²) < 4.78 is 26.9. The first-order chi connectivity index (χ1) is 9.10. The Morgan fingerprint density at radius 3 is 2.60 bits per heavy atom. The number of benzene rings is 1. The zero-order chi connectivity index (χ0) is 15.5. The van der Waals surface area contributed by atoms with Crippen LogP contribution in [0.4, 0.5) is 5.69 Å². The van der Waals surface area contributed by atoms with Crippen molar-refractivity contribution in [3.05, 3.63) is 33.9 Å². The summed E-state index contributed by atoms with van der Waals surface area (Å²) in [5.74, 6) is -1.46. The molecule has 1 atom stereocenters. The van der Waals surface area contributed by atoms with Gasteiger partial charge in [0.25, 0.3) is 5.69 Å². The van der Waals surface area contributed by atoms with Gasteiger partial charge in [0.1, 0.15) is 5.75 Å². The molecule has 9 nitrogen and oxygen atoms in total. The fraction of sp³-hybridized carbons (Fsp3) is 0.300. The highest BCUT2D eigenvalue weighted by molar-refractivity contribution is 7.86. The third-order valence-electron chi connectivity index (χ3n) is 2.24. The Kier molecular flexibility index (Phi) is 4.63. The highest BCUT2D eigenvalue weighted by Crippen LogP contribution is 2.30. The summed E-state index contributed by atoms with van der Waals surface area (Å²) in [6.45, 7) is 0. The number of aliphatic carboxylic acids is 1. The third kappa shape index (κ3) is 4.48. The van der Waals surface area contributed by atoms with Crippen LogP contribution in [-0.2, 0) is 14.9 Å². The minimum absolute atomic E-state index is 0.0629. The lowest BCUT2D eigenvalue weighted by Crippen LogP contribution is -2.17. The Bertz CT molecular complexity index is 641. The number of nitro benzene ring substituents is 1. The molecule has 0 saturated carbocycles. The van der Waals surface area contributed by atoms with Gasteiger partial charge in [0.15, 0.2) is 0 Å². The molecule has 0 fully saturated rings. The molecule has 1 aromatic carbocycles. The van der Waals surface area contributed by atoms with Crippen molar-refractivity contribution in [2.75, 3.05) is 6.26 Å². The SMILES string of the molecule is CS(=O)(=O)Oc1ccc([N+](=O)[O-])cc1C(N)CC(=O)O. The number of rotatable bonds is 6. The predicted octanol–water partition coefficient (Wildman–Crippen LogP) is 0.408. The number of carboxylic acids is 1. The lowest BCUT2D eigenvalue weighted by molar-refractivity contribution is -0.385. The van der Waals surface area contributed by atoms with Crippen molar-refractivity contribution in [1.29, 1.82) is 0 Å². The van der Waals surface area contributed by atoms with Crippen LogP contribution in [0, 0.1) is 10.1 Å². The summed E-state index contributed by atoms with van der Waals surface area (Å²) in [5.41, 5.74) is 5.20. The van der Waals surface area contributed by atoms with E-state index in [-0.39, 0.29) is 17.0 Å². The molecule has 0 aliphatic carbocycles. The van der Waals surface area contributed by atoms with Crippen LogP contribution in [0.25, 0.3) is 0 Å². The summed E-state index contributed by atoms with van der Waals surface area (Å²) in [6.07, 6.45) is 0.266. The maximum atomic E-state index is 11.1. The molecule has 3 N–H and O–H groups in total. The van der Waals surface area contributed by atoms with Crippen molar-refractivity contribution in [3.8, 4) is 5.75 Å². The fourth-order valence-electron chi connectivity index (χ4n) is 1.48. The van der Waals surface area contributed by atoms with E-state index in [2.05, 4.69) is 4.18 Å². The Hall–Kier alpha value is -2.20. The normalized spacial score (nSPS) is 12.7. The Labute approximate surface area is 114 Å². The van der Waals surface area contributed by atoms with Crippen molar-refractivity contribution < 1.29 is 27.4 Å². The molecule has 1 unspecified atom stereocenters. The predicted molar refractivity (Wildman–Crippen MR) is 67.7 cm³/mol. The lowest BCUT2D eigenvalue weighted by atomic mass is 10.0. The van der Waals surface area contributed by atoms with Crippen molar-refractivity contribution in [1.82, 2.24) is 0 Å². The average molecular weight is 304 g/mol. The first-order valence-electron chi connectivity index (χ1n) is 5.25. The van der Waals surface area contributed by atoms with Gasteiger partial charge in [-0.05, 0) is 6.07 Å². The molecule has 0 spiro atoms. The molecule has 1 aromatic rings. The van der Waals surface area contributed by atoms with E-state index in [1.165, 1.54) is 0 Å². The molecule has 0 radical (unpaired) electrons. The van der Waals surface area contributed by atoms with E-state index in [1.807, 2.05) is 0 Å². The summed E-state index contributed by atoms with van der Waals surface area (Å²) >= 11 is 0. The van der Waals surface area contributed by atoms with E-state index in [0.717, 1.165) is 24.5 Å². The van der Waals surface area contributed by atoms with E-state index in [4.69, 9.17) is 10.8 Å². The first kappa shape index (κ1) is 15.9. The zero-order valence-electron chi connectivity index (χ0n) is 10.3. The molecule has 20 heavy (non-hydrogen) atoms. The van der Waals surface area contributed by atoms with Gasteiger partial charge in [-0.25, -0.2) is 0 Å². The Morgan fingerprint density at radius 1 is 1.55 bits per heavy atom. The number of nitrogens with two attached hydrogens (primary N) is 1. The number of nitrogens with zero attached hydrogens (tertiary/aromatic N) is 1. The fourth-order valence-corrected chi connectivity index (χ4v) is 1.95. The van der Waals surface area contributed by atoms with Gasteiger partial charge in [-0.15, -0.1) is 0 Å². The van der Waals surface area contributed by atoms with Gasteiger partial charge in [0.2, 0.25) is 0 Å². The van der Waals surface area contributed by atoms with E-state index in [9.17, 15) is 23.3 Å². The van der Waals surface area contributed by atoms with E-state index < -0.39 is 33.5 Å². The van der Waals surface area contributed by atoms with Crippen molar-refractivity contribution in [2.24, 2.45) is 5.73 Å². The quantitative estimate of drug-likeness (QED) is 0.435. The second-order valence-electron chi connectivity index (χ2n) is 3.97. The number of carbonyl (C=O) groups is 1. The highest BCUT2D eigenvalue weighted by Gasteiger charge is 2.21. The van der Waals surface area contributed by atoms with Crippen LogP contribution < -0.4 is 9.92 Å². The Balaban J connectivity index is 3.29. The van der Waals surface area contributed by atoms with Gasteiger partial charge in [-0.2, -0.15) is 8.42 Å². The summed E-state index contributed by atoms with van der Waals surface area (Å²) in [5, 5.41) is 19.4. The van der Waals surface area contributed by atoms with Crippen LogP contribution in [0.5, 0.6) is 5.75 Å². The van der Waals surface area contributed by atoms with Gasteiger partial charge in [0.05, 0.1) is 17.6 Å². The molecule has 0 aromatic heterocycles. The molecule has 0 aliphatic rings. The molecular weight excluding hydrogens is 292 g/mol. The molecule has 0 amide bonds. The van der Waals surface area contributed by atoms with E-state index in [0.29, 0.717) is 0 Å². The second kappa shape index (κ2) is 5.84. The van der Waals surface area contributed by atoms with E-state index in [1.54, 1.807) is 0 Å². The standard InChI is InChI=1S/C10H12N2O7S/c1-20(17,18)19-9-3-2-6(12(15)16)4-7(9)8(11)5-10(13)14/h2-4,8H,5,11H2,1H3,(H,13,14). The molecular formula is C10H12N2O7S. The summed E-state index contributed by atoms with van der Waals surface area (Å²) in [7, 11) is -3.87. The van der Waals surface area contributed by atoms with E-state index >= 15 is 0 Å². The van der Waals surface area contributed by atoms with Crippen LogP contribution in [-0.4, -0.2) is 30.7 Å². The molecule has 10 heteroatoms. The van der Waals surface area contributed by atoms with Crippen molar-refractivity contribution in [2.45, 2.75) is 12.5 Å². The molecule has 0 heterocycles. The number of carboxylic acid groups (broad SMARTS) is 1. The maximum Gasteiger partial charge on any atom is 0.306 e. The molecule has 0 bridgehead atoms. The minimum Gasteiger partial charge on any atom is -0.481 e. The van der Waals surface area contributed by atoms with Crippen molar-refractivity contribution in [3.63, 3.8) is 0 Å². The van der Waals surface area contributed by atoms with Crippen LogP contribution >= 0.6 is 0 Å². The number of nitro groups is 1. The minimum atomic E-state index is -3.87. The van der Waals surface area contributed by atoms with Gasteiger partial charge < -0.3 is 15.0 Å². The van der Waals surface area contributed by atoms with Gasteiger partial charge in [-0.3, -0.25) is 14.9 Å². The molecule has 0 aliphatic heterocycles. The van der Waals surface area contributed by atoms with Gasteiger partial charge >= 0.3 is 16.1 Å². The largest absolute Gasteiger partial charge is 0.481 e. The van der Waals surface area contributed by atoms with Gasteiger partial charge in [0, 0.05) is 23.7 Å². The lowest BCUT2D eigenvalue weighted by Gasteiger charge is -2.14. The van der Waals surface area contributed by atoms with Gasteiger partial charge in [-0.1, -0.05) is 0 Å². The summed E-state index contributed by atoms with van der Waals surface area (Å²) in [4.78, 5) is 20.6. The van der Waals surface area contributed by atoms with Crippen LogP contribution in [0.2, 0.25) is 0 Å². The smallest absolute Gasteiger partial charge is 0.306 e.